The van der Waals surface area contributed by atoms with Gasteiger partial charge in [-0.15, -0.1) is 0 Å². The van der Waals surface area contributed by atoms with Gasteiger partial charge in [-0.05, 0) is 60.6 Å². The lowest BCUT2D eigenvalue weighted by atomic mass is 9.93. The number of aryl methyl sites for hydroxylation is 2. The van der Waals surface area contributed by atoms with Gasteiger partial charge in [0.15, 0.2) is 0 Å². The molecular weight excluding hydrogens is 270 g/mol. The third-order valence-electron chi connectivity index (χ3n) is 4.65. The molecule has 0 bridgehead atoms. The maximum absolute atomic E-state index is 11.9. The Morgan fingerprint density at radius 1 is 1.14 bits per heavy atom. The highest BCUT2D eigenvalue weighted by Gasteiger charge is 2.26. The van der Waals surface area contributed by atoms with E-state index in [1.807, 2.05) is 4.90 Å². The molecule has 22 heavy (non-hydrogen) atoms. The number of rotatable bonds is 2. The van der Waals surface area contributed by atoms with Crippen LogP contribution in [0, 0.1) is 0 Å². The predicted octanol–water partition coefficient (Wildman–Crippen LogP) is 4.60. The van der Waals surface area contributed by atoms with E-state index in [0.717, 1.165) is 24.9 Å². The minimum absolute atomic E-state index is 0.133. The largest absolute Gasteiger partial charge is 0.310 e. The highest BCUT2D eigenvalue weighted by Crippen LogP contribution is 2.34. The minimum atomic E-state index is 0.133. The van der Waals surface area contributed by atoms with E-state index in [1.165, 1.54) is 22.3 Å². The van der Waals surface area contributed by atoms with Gasteiger partial charge in [-0.2, -0.15) is 0 Å². The summed E-state index contributed by atoms with van der Waals surface area (Å²) in [6.45, 7) is 5.95. The fraction of sp³-hybridized carbons (Fsp3) is 0.350. The van der Waals surface area contributed by atoms with Crippen molar-refractivity contribution in [2.24, 2.45) is 0 Å². The van der Waals surface area contributed by atoms with E-state index in [1.54, 1.807) is 6.92 Å². The summed E-state index contributed by atoms with van der Waals surface area (Å²) < 4.78 is 0. The third kappa shape index (κ3) is 2.66. The van der Waals surface area contributed by atoms with Crippen molar-refractivity contribution in [3.05, 3.63) is 53.6 Å². The van der Waals surface area contributed by atoms with E-state index < -0.39 is 0 Å². The monoisotopic (exact) mass is 293 g/mol. The van der Waals surface area contributed by atoms with Crippen molar-refractivity contribution in [3.63, 3.8) is 0 Å². The van der Waals surface area contributed by atoms with Crippen molar-refractivity contribution in [1.82, 2.24) is 0 Å². The Morgan fingerprint density at radius 3 is 2.45 bits per heavy atom. The fourth-order valence-corrected chi connectivity index (χ4v) is 3.34. The molecule has 1 atom stereocenters. The first-order chi connectivity index (χ1) is 10.6. The van der Waals surface area contributed by atoms with E-state index in [0.29, 0.717) is 6.04 Å². The van der Waals surface area contributed by atoms with Crippen LogP contribution in [0.2, 0.25) is 0 Å². The van der Waals surface area contributed by atoms with Crippen LogP contribution in [-0.2, 0) is 17.6 Å². The summed E-state index contributed by atoms with van der Waals surface area (Å²) in [6.07, 6.45) is 3.14. The van der Waals surface area contributed by atoms with Crippen molar-refractivity contribution in [1.29, 1.82) is 0 Å². The van der Waals surface area contributed by atoms with Crippen molar-refractivity contribution in [3.8, 4) is 11.1 Å². The molecule has 0 saturated heterocycles. The standard InChI is InChI=1S/C20H23NO/c1-4-16-6-9-17(10-7-16)18-11-12-20-19(13-18)8-5-14(2)21(20)15(3)22/h6-7,9-14H,4-5,8H2,1-3H3/t14-/m0/s1. The molecule has 114 valence electrons. The van der Waals surface area contributed by atoms with Crippen LogP contribution in [0.15, 0.2) is 42.5 Å². The first kappa shape index (κ1) is 14.8. The average molecular weight is 293 g/mol. The molecule has 2 aromatic carbocycles. The van der Waals surface area contributed by atoms with E-state index >= 15 is 0 Å². The van der Waals surface area contributed by atoms with Crippen LogP contribution in [0.1, 0.15) is 38.3 Å². The first-order valence-electron chi connectivity index (χ1n) is 8.12. The lowest BCUT2D eigenvalue weighted by molar-refractivity contribution is -0.117. The number of amides is 1. The molecule has 0 aromatic heterocycles. The summed E-state index contributed by atoms with van der Waals surface area (Å²) >= 11 is 0. The highest BCUT2D eigenvalue weighted by molar-refractivity contribution is 5.94. The van der Waals surface area contributed by atoms with Gasteiger partial charge in [-0.25, -0.2) is 0 Å². The molecule has 2 aromatic rings. The summed E-state index contributed by atoms with van der Waals surface area (Å²) in [5, 5.41) is 0. The molecule has 0 aliphatic carbocycles. The van der Waals surface area contributed by atoms with E-state index in [4.69, 9.17) is 0 Å². The Labute approximate surface area is 132 Å². The first-order valence-corrected chi connectivity index (χ1v) is 8.12. The summed E-state index contributed by atoms with van der Waals surface area (Å²) in [6, 6.07) is 15.5. The lowest BCUT2D eigenvalue weighted by Crippen LogP contribution is -2.40. The maximum atomic E-state index is 11.9. The van der Waals surface area contributed by atoms with E-state index in [9.17, 15) is 4.79 Å². The molecule has 0 N–H and O–H groups in total. The number of fused-ring (bicyclic) bond motifs is 1. The molecule has 0 radical (unpaired) electrons. The molecule has 1 amide bonds. The lowest BCUT2D eigenvalue weighted by Gasteiger charge is -2.34. The third-order valence-corrected chi connectivity index (χ3v) is 4.65. The van der Waals surface area contributed by atoms with Gasteiger partial charge in [0, 0.05) is 18.7 Å². The molecule has 1 aliphatic heterocycles. The quantitative estimate of drug-likeness (QED) is 0.792. The zero-order valence-electron chi connectivity index (χ0n) is 13.6. The number of benzene rings is 2. The van der Waals surface area contributed by atoms with Gasteiger partial charge in [-0.3, -0.25) is 4.79 Å². The van der Waals surface area contributed by atoms with Gasteiger partial charge in [-0.1, -0.05) is 37.3 Å². The molecule has 0 saturated carbocycles. The number of carbonyl (C=O) groups excluding carboxylic acids is 1. The topological polar surface area (TPSA) is 20.3 Å². The highest BCUT2D eigenvalue weighted by atomic mass is 16.2. The molecule has 1 heterocycles. The molecular formula is C20H23NO. The number of carbonyl (C=O) groups is 1. The summed E-state index contributed by atoms with van der Waals surface area (Å²) in [4.78, 5) is 13.9. The van der Waals surface area contributed by atoms with Crippen LogP contribution in [0.4, 0.5) is 5.69 Å². The molecule has 0 unspecified atom stereocenters. The Balaban J connectivity index is 1.98. The molecule has 1 aliphatic rings. The summed E-state index contributed by atoms with van der Waals surface area (Å²) in [5.74, 6) is 0.133. The summed E-state index contributed by atoms with van der Waals surface area (Å²) in [7, 11) is 0. The molecule has 3 rings (SSSR count). The number of hydrogen-bond acceptors (Lipinski definition) is 1. The van der Waals surface area contributed by atoms with Gasteiger partial charge in [0.05, 0.1) is 0 Å². The van der Waals surface area contributed by atoms with Crippen molar-refractivity contribution >= 4 is 11.6 Å². The zero-order valence-corrected chi connectivity index (χ0v) is 13.6. The Bertz CT molecular complexity index is 687. The number of hydrogen-bond donors (Lipinski definition) is 0. The maximum Gasteiger partial charge on any atom is 0.224 e. The summed E-state index contributed by atoms with van der Waals surface area (Å²) in [5.41, 5.74) is 6.20. The molecule has 0 fully saturated rings. The second-order valence-corrected chi connectivity index (χ2v) is 6.17. The van der Waals surface area contributed by atoms with Crippen molar-refractivity contribution < 1.29 is 4.79 Å². The van der Waals surface area contributed by atoms with Gasteiger partial charge in [0.2, 0.25) is 5.91 Å². The molecule has 2 heteroatoms. The van der Waals surface area contributed by atoms with Crippen LogP contribution >= 0.6 is 0 Å². The number of anilines is 1. The molecule has 2 nitrogen and oxygen atoms in total. The average Bonchev–Trinajstić information content (AvgIpc) is 2.54. The van der Waals surface area contributed by atoms with E-state index in [2.05, 4.69) is 56.3 Å². The normalized spacial score (nSPS) is 17.2. The van der Waals surface area contributed by atoms with Crippen LogP contribution in [0.25, 0.3) is 11.1 Å². The van der Waals surface area contributed by atoms with Gasteiger partial charge in [0.25, 0.3) is 0 Å². The Kier molecular flexibility index (Phi) is 4.02. The predicted molar refractivity (Wildman–Crippen MR) is 92.2 cm³/mol. The van der Waals surface area contributed by atoms with Crippen molar-refractivity contribution in [2.75, 3.05) is 4.90 Å². The van der Waals surface area contributed by atoms with Gasteiger partial charge >= 0.3 is 0 Å². The van der Waals surface area contributed by atoms with Crippen LogP contribution in [-0.4, -0.2) is 11.9 Å². The Morgan fingerprint density at radius 2 is 1.82 bits per heavy atom. The zero-order chi connectivity index (χ0) is 15.7. The molecule has 0 spiro atoms. The van der Waals surface area contributed by atoms with Gasteiger partial charge < -0.3 is 4.90 Å². The number of nitrogens with zero attached hydrogens (tertiary/aromatic N) is 1. The van der Waals surface area contributed by atoms with Crippen LogP contribution in [0.3, 0.4) is 0 Å². The SMILES string of the molecule is CCc1ccc(-c2ccc3c(c2)CC[C@H](C)N3C(C)=O)cc1. The van der Waals surface area contributed by atoms with Crippen LogP contribution in [0.5, 0.6) is 0 Å². The fourth-order valence-electron chi connectivity index (χ4n) is 3.34. The second kappa shape index (κ2) is 5.96. The second-order valence-electron chi connectivity index (χ2n) is 6.17. The van der Waals surface area contributed by atoms with Crippen molar-refractivity contribution in [2.45, 2.75) is 46.1 Å². The van der Waals surface area contributed by atoms with Gasteiger partial charge in [0.1, 0.15) is 0 Å². The minimum Gasteiger partial charge on any atom is -0.310 e. The smallest absolute Gasteiger partial charge is 0.224 e. The van der Waals surface area contributed by atoms with E-state index in [-0.39, 0.29) is 5.91 Å². The Hall–Kier alpha value is -2.09. The van der Waals surface area contributed by atoms with Crippen LogP contribution < -0.4 is 4.90 Å².